The molecule has 1 N–H and O–H groups in total. The number of fused-ring (bicyclic) bond motifs is 1. The van der Waals surface area contributed by atoms with Crippen LogP contribution in [0.15, 0.2) is 61.1 Å². The van der Waals surface area contributed by atoms with Gasteiger partial charge in [-0.2, -0.15) is 0 Å². The molecule has 0 saturated carbocycles. The zero-order valence-electron chi connectivity index (χ0n) is 20.5. The Morgan fingerprint density at radius 2 is 1.42 bits per heavy atom. The van der Waals surface area contributed by atoms with Gasteiger partial charge in [0.25, 0.3) is 11.7 Å². The highest BCUT2D eigenvalue weighted by molar-refractivity contribution is 6.17. The van der Waals surface area contributed by atoms with Crippen molar-refractivity contribution in [2.24, 2.45) is 0 Å². The molecule has 1 aliphatic carbocycles. The molecule has 0 amide bonds. The summed E-state index contributed by atoms with van der Waals surface area (Å²) in [5.74, 6) is -2.23. The summed E-state index contributed by atoms with van der Waals surface area (Å²) in [6.07, 6.45) is 4.59. The second-order valence-corrected chi connectivity index (χ2v) is 10.6. The van der Waals surface area contributed by atoms with Crippen molar-refractivity contribution >= 4 is 17.1 Å². The summed E-state index contributed by atoms with van der Waals surface area (Å²) in [6, 6.07) is 11.9. The SMILES string of the molecule is C=C(c1ccc(C2=C(O)OC(C)(C)OC2=O)cc1)c1cc2c(cc1C)C(C)(C)C=CC2(C)C. The van der Waals surface area contributed by atoms with Gasteiger partial charge in [-0.05, 0) is 51.9 Å². The molecule has 0 radical (unpaired) electrons. The van der Waals surface area contributed by atoms with Crippen molar-refractivity contribution in [1.82, 2.24) is 0 Å². The Kier molecular flexibility index (Phi) is 5.12. The minimum atomic E-state index is -1.19. The van der Waals surface area contributed by atoms with E-state index < -0.39 is 17.7 Å². The highest BCUT2D eigenvalue weighted by Crippen LogP contribution is 2.43. The van der Waals surface area contributed by atoms with Crippen molar-refractivity contribution in [2.45, 2.75) is 65.1 Å². The lowest BCUT2D eigenvalue weighted by atomic mass is 9.67. The van der Waals surface area contributed by atoms with E-state index >= 15 is 0 Å². The number of hydrogen-bond acceptors (Lipinski definition) is 4. The summed E-state index contributed by atoms with van der Waals surface area (Å²) in [4.78, 5) is 12.4. The Morgan fingerprint density at radius 1 is 0.879 bits per heavy atom. The summed E-state index contributed by atoms with van der Waals surface area (Å²) in [5, 5.41) is 10.3. The molecule has 4 heteroatoms. The molecular weight excluding hydrogens is 412 g/mol. The summed E-state index contributed by atoms with van der Waals surface area (Å²) >= 11 is 0. The van der Waals surface area contributed by atoms with Gasteiger partial charge in [-0.3, -0.25) is 0 Å². The third-order valence-corrected chi connectivity index (χ3v) is 6.62. The first-order valence-corrected chi connectivity index (χ1v) is 11.2. The maximum atomic E-state index is 12.4. The number of allylic oxidation sites excluding steroid dienone is 2. The number of cyclic esters (lactones) is 1. The van der Waals surface area contributed by atoms with Crippen LogP contribution in [0, 0.1) is 6.92 Å². The molecule has 33 heavy (non-hydrogen) atoms. The van der Waals surface area contributed by atoms with Crippen LogP contribution in [-0.4, -0.2) is 16.9 Å². The number of hydrogen-bond donors (Lipinski definition) is 1. The third-order valence-electron chi connectivity index (χ3n) is 6.62. The van der Waals surface area contributed by atoms with Crippen LogP contribution in [0.1, 0.15) is 74.9 Å². The molecule has 172 valence electrons. The smallest absolute Gasteiger partial charge is 0.349 e. The average molecular weight is 445 g/mol. The fourth-order valence-electron chi connectivity index (χ4n) is 4.60. The van der Waals surface area contributed by atoms with E-state index in [9.17, 15) is 9.90 Å². The summed E-state index contributed by atoms with van der Waals surface area (Å²) in [7, 11) is 0. The number of aryl methyl sites for hydroxylation is 1. The molecule has 0 unspecified atom stereocenters. The first kappa shape index (κ1) is 22.9. The number of aliphatic hydroxyl groups is 1. The Morgan fingerprint density at radius 3 is 1.97 bits per heavy atom. The Balaban J connectivity index is 1.70. The molecule has 2 aromatic carbocycles. The number of aliphatic hydroxyl groups excluding tert-OH is 1. The van der Waals surface area contributed by atoms with Crippen LogP contribution in [0.4, 0.5) is 0 Å². The van der Waals surface area contributed by atoms with E-state index in [0.29, 0.717) is 5.56 Å². The molecule has 0 saturated heterocycles. The molecule has 0 spiro atoms. The molecule has 2 aromatic rings. The van der Waals surface area contributed by atoms with Crippen LogP contribution in [-0.2, 0) is 25.1 Å². The number of rotatable bonds is 3. The monoisotopic (exact) mass is 444 g/mol. The standard InChI is InChI=1S/C29H32O4/c1-17-15-22-23(28(5,6)14-13-27(22,3)4)16-21(17)18(2)19-9-11-20(12-10-19)24-25(30)32-29(7,8)33-26(24)31/h9-16,30H,2H2,1,3-8H3. The number of carbonyl (C=O) groups is 1. The van der Waals surface area contributed by atoms with Crippen molar-refractivity contribution in [2.75, 3.05) is 0 Å². The van der Waals surface area contributed by atoms with E-state index in [-0.39, 0.29) is 16.4 Å². The molecule has 0 aromatic heterocycles. The Bertz CT molecular complexity index is 1220. The van der Waals surface area contributed by atoms with E-state index in [1.54, 1.807) is 26.0 Å². The summed E-state index contributed by atoms with van der Waals surface area (Å²) < 4.78 is 10.6. The lowest BCUT2D eigenvalue weighted by Crippen LogP contribution is -2.36. The van der Waals surface area contributed by atoms with E-state index in [2.05, 4.69) is 65.5 Å². The second kappa shape index (κ2) is 7.38. The zero-order chi connectivity index (χ0) is 24.3. The van der Waals surface area contributed by atoms with Gasteiger partial charge in [0.2, 0.25) is 0 Å². The second-order valence-electron chi connectivity index (χ2n) is 10.6. The molecule has 1 heterocycles. The van der Waals surface area contributed by atoms with Gasteiger partial charge in [-0.1, -0.05) is 76.8 Å². The fraction of sp³-hybridized carbons (Fsp3) is 0.345. The van der Waals surface area contributed by atoms with Gasteiger partial charge in [0.15, 0.2) is 0 Å². The van der Waals surface area contributed by atoms with E-state index in [0.717, 1.165) is 16.7 Å². The Hall–Kier alpha value is -3.27. The van der Waals surface area contributed by atoms with Gasteiger partial charge in [0.1, 0.15) is 5.57 Å². The van der Waals surface area contributed by atoms with Crippen LogP contribution in [0.2, 0.25) is 0 Å². The van der Waals surface area contributed by atoms with Crippen molar-refractivity contribution in [1.29, 1.82) is 0 Å². The summed E-state index contributed by atoms with van der Waals surface area (Å²) in [6.45, 7) is 18.6. The lowest BCUT2D eigenvalue weighted by Gasteiger charge is -2.37. The lowest BCUT2D eigenvalue weighted by molar-refractivity contribution is -0.216. The van der Waals surface area contributed by atoms with Gasteiger partial charge < -0.3 is 14.6 Å². The molecule has 4 rings (SSSR count). The van der Waals surface area contributed by atoms with E-state index in [1.165, 1.54) is 16.7 Å². The van der Waals surface area contributed by atoms with Crippen molar-refractivity contribution in [3.63, 3.8) is 0 Å². The zero-order valence-corrected chi connectivity index (χ0v) is 20.5. The maximum Gasteiger partial charge on any atom is 0.349 e. The largest absolute Gasteiger partial charge is 0.480 e. The quantitative estimate of drug-likeness (QED) is 0.422. The van der Waals surface area contributed by atoms with Gasteiger partial charge >= 0.3 is 5.97 Å². The number of esters is 1. The van der Waals surface area contributed by atoms with Crippen molar-refractivity contribution in [3.8, 4) is 0 Å². The molecule has 0 fully saturated rings. The third kappa shape index (κ3) is 3.99. The van der Waals surface area contributed by atoms with Crippen LogP contribution < -0.4 is 0 Å². The molecule has 0 atom stereocenters. The fourth-order valence-corrected chi connectivity index (χ4v) is 4.60. The first-order valence-electron chi connectivity index (χ1n) is 11.2. The molecule has 4 nitrogen and oxygen atoms in total. The van der Waals surface area contributed by atoms with Crippen molar-refractivity contribution in [3.05, 3.63) is 94.5 Å². The number of benzene rings is 2. The van der Waals surface area contributed by atoms with Crippen LogP contribution >= 0.6 is 0 Å². The van der Waals surface area contributed by atoms with E-state index in [1.807, 2.05) is 12.1 Å². The van der Waals surface area contributed by atoms with Gasteiger partial charge in [0.05, 0.1) is 0 Å². The minimum absolute atomic E-state index is 0.0158. The molecule has 0 bridgehead atoms. The molecular formula is C29H32O4. The Labute approximate surface area is 196 Å². The molecule has 2 aliphatic rings. The maximum absolute atomic E-state index is 12.4. The van der Waals surface area contributed by atoms with Crippen LogP contribution in [0.3, 0.4) is 0 Å². The first-order chi connectivity index (χ1) is 15.2. The van der Waals surface area contributed by atoms with Crippen LogP contribution in [0.5, 0.6) is 0 Å². The van der Waals surface area contributed by atoms with Gasteiger partial charge in [0, 0.05) is 24.7 Å². The van der Waals surface area contributed by atoms with E-state index in [4.69, 9.17) is 9.47 Å². The predicted octanol–water partition coefficient (Wildman–Crippen LogP) is 6.72. The average Bonchev–Trinajstić information content (AvgIpc) is 2.70. The molecule has 1 aliphatic heterocycles. The normalized spacial score (nSPS) is 20.0. The minimum Gasteiger partial charge on any atom is -0.480 e. The number of carbonyl (C=O) groups excluding carboxylic acids is 1. The topological polar surface area (TPSA) is 55.8 Å². The number of ether oxygens (including phenoxy) is 2. The van der Waals surface area contributed by atoms with Crippen LogP contribution in [0.25, 0.3) is 11.1 Å². The predicted molar refractivity (Wildman–Crippen MR) is 132 cm³/mol. The van der Waals surface area contributed by atoms with Gasteiger partial charge in [-0.25, -0.2) is 4.79 Å². The van der Waals surface area contributed by atoms with Crippen molar-refractivity contribution < 1.29 is 19.4 Å². The van der Waals surface area contributed by atoms with Gasteiger partial charge in [-0.15, -0.1) is 0 Å². The highest BCUT2D eigenvalue weighted by atomic mass is 16.8. The highest BCUT2D eigenvalue weighted by Gasteiger charge is 2.37. The summed E-state index contributed by atoms with van der Waals surface area (Å²) in [5.41, 5.74) is 7.26.